The minimum absolute atomic E-state index is 0. The van der Waals surface area contributed by atoms with Gasteiger partial charge >= 0.3 is 0 Å². The Bertz CT molecular complexity index is 429. The number of hydrogen-bond donors (Lipinski definition) is 1. The van der Waals surface area contributed by atoms with Crippen LogP contribution in [0.25, 0.3) is 0 Å². The highest BCUT2D eigenvalue weighted by atomic mass is 35.5. The Balaban J connectivity index is 0.00000180. The molecule has 0 amide bonds. The smallest absolute Gasteiger partial charge is 0.161 e. The van der Waals surface area contributed by atoms with Crippen molar-refractivity contribution in [3.05, 3.63) is 35.1 Å². The van der Waals surface area contributed by atoms with Crippen LogP contribution in [0.15, 0.2) is 12.1 Å². The number of nitrogens with one attached hydrogen (secondary N) is 1. The van der Waals surface area contributed by atoms with Gasteiger partial charge in [0.1, 0.15) is 5.82 Å². The third-order valence-electron chi connectivity index (χ3n) is 3.35. The fraction of sp³-hybridized carbons (Fsp3) is 0.538. The van der Waals surface area contributed by atoms with E-state index < -0.39 is 17.5 Å². The molecule has 0 spiro atoms. The van der Waals surface area contributed by atoms with Gasteiger partial charge in [0.15, 0.2) is 11.6 Å². The lowest BCUT2D eigenvalue weighted by Gasteiger charge is -2.16. The first-order valence-electron chi connectivity index (χ1n) is 6.10. The topological polar surface area (TPSA) is 15.3 Å². The van der Waals surface area contributed by atoms with Crippen LogP contribution in [-0.2, 0) is 6.54 Å². The summed E-state index contributed by atoms with van der Waals surface area (Å²) in [4.78, 5) is 2.07. The summed E-state index contributed by atoms with van der Waals surface area (Å²) in [6, 6.07) is 1.57. The molecule has 1 aromatic carbocycles. The number of benzene rings is 1. The summed E-state index contributed by atoms with van der Waals surface area (Å²) in [5, 5.41) is 3.11. The van der Waals surface area contributed by atoms with Gasteiger partial charge in [-0.1, -0.05) is 0 Å². The number of nitrogens with zero attached hydrogens (tertiary/aromatic N) is 1. The Morgan fingerprint density at radius 3 is 2.58 bits per heavy atom. The van der Waals surface area contributed by atoms with Crippen molar-refractivity contribution in [2.24, 2.45) is 5.92 Å². The normalized spacial score (nSPS) is 19.5. The molecule has 6 heteroatoms. The van der Waals surface area contributed by atoms with Crippen molar-refractivity contribution in [1.29, 1.82) is 0 Å². The Hall–Kier alpha value is -0.780. The second-order valence-electron chi connectivity index (χ2n) is 4.81. The zero-order valence-electron chi connectivity index (χ0n) is 10.8. The molecule has 1 N–H and O–H groups in total. The maximum absolute atomic E-state index is 13.5. The lowest BCUT2D eigenvalue weighted by molar-refractivity contribution is 0.309. The quantitative estimate of drug-likeness (QED) is 0.859. The predicted molar refractivity (Wildman–Crippen MR) is 70.9 cm³/mol. The first-order valence-corrected chi connectivity index (χ1v) is 6.10. The number of hydrogen-bond acceptors (Lipinski definition) is 2. The van der Waals surface area contributed by atoms with Crippen LogP contribution in [-0.4, -0.2) is 31.6 Å². The third-order valence-corrected chi connectivity index (χ3v) is 3.35. The number of likely N-dealkylation sites (tertiary alicyclic amines) is 1. The van der Waals surface area contributed by atoms with Crippen molar-refractivity contribution in [2.75, 3.05) is 26.7 Å². The molecule has 1 aromatic rings. The maximum atomic E-state index is 13.5. The zero-order valence-corrected chi connectivity index (χ0v) is 11.6. The van der Waals surface area contributed by atoms with Gasteiger partial charge < -0.3 is 5.32 Å². The molecular formula is C13H18ClF3N2. The maximum Gasteiger partial charge on any atom is 0.161 e. The Labute approximate surface area is 117 Å². The van der Waals surface area contributed by atoms with Crippen molar-refractivity contribution in [2.45, 2.75) is 13.0 Å². The molecule has 1 aliphatic rings. The molecule has 2 rings (SSSR count). The molecule has 1 atom stereocenters. The van der Waals surface area contributed by atoms with Gasteiger partial charge in [0.25, 0.3) is 0 Å². The van der Waals surface area contributed by atoms with Gasteiger partial charge in [-0.25, -0.2) is 13.2 Å². The summed E-state index contributed by atoms with van der Waals surface area (Å²) < 4.78 is 39.3. The first kappa shape index (κ1) is 16.3. The molecule has 2 nitrogen and oxygen atoms in total. The molecule has 0 aliphatic carbocycles. The summed E-state index contributed by atoms with van der Waals surface area (Å²) >= 11 is 0. The van der Waals surface area contributed by atoms with E-state index in [4.69, 9.17) is 0 Å². The molecular weight excluding hydrogens is 277 g/mol. The van der Waals surface area contributed by atoms with Crippen LogP contribution in [0.2, 0.25) is 0 Å². The highest BCUT2D eigenvalue weighted by molar-refractivity contribution is 5.85. The van der Waals surface area contributed by atoms with Gasteiger partial charge in [-0.3, -0.25) is 4.90 Å². The van der Waals surface area contributed by atoms with Crippen LogP contribution in [0.1, 0.15) is 12.0 Å². The highest BCUT2D eigenvalue weighted by Gasteiger charge is 2.23. The van der Waals surface area contributed by atoms with E-state index in [1.54, 1.807) is 0 Å². The van der Waals surface area contributed by atoms with Crippen molar-refractivity contribution >= 4 is 12.4 Å². The molecule has 0 bridgehead atoms. The lowest BCUT2D eigenvalue weighted by Crippen LogP contribution is -2.24. The molecule has 1 unspecified atom stereocenters. The fourth-order valence-corrected chi connectivity index (χ4v) is 2.44. The zero-order chi connectivity index (χ0) is 13.1. The van der Waals surface area contributed by atoms with Crippen LogP contribution in [0.3, 0.4) is 0 Å². The summed E-state index contributed by atoms with van der Waals surface area (Å²) in [6.07, 6.45) is 1.05. The Morgan fingerprint density at radius 1 is 1.21 bits per heavy atom. The van der Waals surface area contributed by atoms with Crippen LogP contribution in [0, 0.1) is 23.4 Å². The second-order valence-corrected chi connectivity index (χ2v) is 4.81. The molecule has 0 saturated carbocycles. The van der Waals surface area contributed by atoms with Gasteiger partial charge in [0, 0.05) is 24.7 Å². The van der Waals surface area contributed by atoms with E-state index in [2.05, 4.69) is 10.2 Å². The Morgan fingerprint density at radius 2 is 1.89 bits per heavy atom. The van der Waals surface area contributed by atoms with E-state index >= 15 is 0 Å². The van der Waals surface area contributed by atoms with E-state index in [0.717, 1.165) is 32.1 Å². The molecule has 1 aliphatic heterocycles. The lowest BCUT2D eigenvalue weighted by atomic mass is 10.1. The average Bonchev–Trinajstić information content (AvgIpc) is 2.74. The van der Waals surface area contributed by atoms with E-state index in [1.165, 1.54) is 0 Å². The van der Waals surface area contributed by atoms with Crippen molar-refractivity contribution < 1.29 is 13.2 Å². The van der Waals surface area contributed by atoms with Gasteiger partial charge in [-0.05, 0) is 38.5 Å². The number of rotatable bonds is 4. The first-order chi connectivity index (χ1) is 8.60. The average molecular weight is 295 g/mol. The molecule has 19 heavy (non-hydrogen) atoms. The monoisotopic (exact) mass is 294 g/mol. The van der Waals surface area contributed by atoms with Crippen LogP contribution < -0.4 is 5.32 Å². The molecule has 1 fully saturated rings. The van der Waals surface area contributed by atoms with Crippen molar-refractivity contribution in [3.63, 3.8) is 0 Å². The molecule has 108 valence electrons. The third kappa shape index (κ3) is 4.09. The summed E-state index contributed by atoms with van der Waals surface area (Å²) in [7, 11) is 1.90. The van der Waals surface area contributed by atoms with Crippen LogP contribution in [0.5, 0.6) is 0 Å². The predicted octanol–water partition coefficient (Wildman–Crippen LogP) is 2.57. The highest BCUT2D eigenvalue weighted by Crippen LogP contribution is 2.21. The fourth-order valence-electron chi connectivity index (χ4n) is 2.44. The SMILES string of the molecule is CNCC1CCN(Cc2cc(F)c(F)cc2F)C1.Cl. The summed E-state index contributed by atoms with van der Waals surface area (Å²) in [5.74, 6) is -2.25. The van der Waals surface area contributed by atoms with Gasteiger partial charge in [-0.2, -0.15) is 0 Å². The van der Waals surface area contributed by atoms with Gasteiger partial charge in [0.2, 0.25) is 0 Å². The number of halogens is 4. The Kier molecular flexibility index (Phi) is 6.10. The van der Waals surface area contributed by atoms with Crippen molar-refractivity contribution in [1.82, 2.24) is 10.2 Å². The molecule has 1 heterocycles. The van der Waals surface area contributed by atoms with Crippen LogP contribution >= 0.6 is 12.4 Å². The second kappa shape index (κ2) is 7.12. The summed E-state index contributed by atoms with van der Waals surface area (Å²) in [5.41, 5.74) is 0.221. The van der Waals surface area contributed by atoms with E-state index in [-0.39, 0.29) is 18.0 Å². The molecule has 0 aromatic heterocycles. The van der Waals surface area contributed by atoms with Gasteiger partial charge in [0.05, 0.1) is 0 Å². The molecule has 1 saturated heterocycles. The van der Waals surface area contributed by atoms with Crippen LogP contribution in [0.4, 0.5) is 13.2 Å². The summed E-state index contributed by atoms with van der Waals surface area (Å²) in [6.45, 7) is 2.99. The largest absolute Gasteiger partial charge is 0.319 e. The minimum Gasteiger partial charge on any atom is -0.319 e. The van der Waals surface area contributed by atoms with Crippen molar-refractivity contribution in [3.8, 4) is 0 Å². The standard InChI is InChI=1S/C13H17F3N2.ClH/c1-17-6-9-2-3-18(7-9)8-10-4-12(15)13(16)5-11(10)14;/h4-5,9,17H,2-3,6-8H2,1H3;1H. The van der Waals surface area contributed by atoms with E-state index in [9.17, 15) is 13.2 Å². The van der Waals surface area contributed by atoms with E-state index in [1.807, 2.05) is 7.05 Å². The minimum atomic E-state index is -1.13. The molecule has 0 radical (unpaired) electrons. The van der Waals surface area contributed by atoms with Gasteiger partial charge in [-0.15, -0.1) is 12.4 Å². The van der Waals surface area contributed by atoms with E-state index in [0.29, 0.717) is 18.5 Å².